The van der Waals surface area contributed by atoms with Gasteiger partial charge in [0.05, 0.1) is 4.90 Å². The van der Waals surface area contributed by atoms with Crippen molar-refractivity contribution in [1.82, 2.24) is 9.62 Å². The summed E-state index contributed by atoms with van der Waals surface area (Å²) >= 11 is 6.04. The Morgan fingerprint density at radius 1 is 1.03 bits per heavy atom. The Balaban J connectivity index is 1.68. The molecule has 1 atom stereocenters. The van der Waals surface area contributed by atoms with Crippen LogP contribution in [0.5, 0.6) is 0 Å². The largest absolute Gasteiger partial charge is 0.351 e. The van der Waals surface area contributed by atoms with E-state index in [0.717, 1.165) is 22.3 Å². The second-order valence-corrected chi connectivity index (χ2v) is 10.5. The molecule has 0 unspecified atom stereocenters. The molecular formula is C25H25ClN2O3S. The van der Waals surface area contributed by atoms with Gasteiger partial charge in [-0.15, -0.1) is 0 Å². The number of carbonyl (C=O) groups excluding carboxylic acids is 1. The summed E-state index contributed by atoms with van der Waals surface area (Å²) in [5.41, 5.74) is 4.27. The van der Waals surface area contributed by atoms with Crippen LogP contribution in [-0.2, 0) is 34.3 Å². The lowest BCUT2D eigenvalue weighted by atomic mass is 9.95. The van der Waals surface area contributed by atoms with Crippen LogP contribution in [0.4, 0.5) is 0 Å². The van der Waals surface area contributed by atoms with Crippen molar-refractivity contribution in [3.05, 3.63) is 99.6 Å². The zero-order valence-electron chi connectivity index (χ0n) is 18.0. The van der Waals surface area contributed by atoms with Crippen LogP contribution in [0.3, 0.4) is 0 Å². The average molecular weight is 469 g/mol. The summed E-state index contributed by atoms with van der Waals surface area (Å²) < 4.78 is 28.8. The molecule has 32 heavy (non-hydrogen) atoms. The molecule has 1 amide bonds. The van der Waals surface area contributed by atoms with Crippen molar-refractivity contribution in [3.63, 3.8) is 0 Å². The van der Waals surface area contributed by atoms with Gasteiger partial charge in [-0.2, -0.15) is 4.31 Å². The maximum Gasteiger partial charge on any atom is 0.244 e. The smallest absolute Gasteiger partial charge is 0.244 e. The molecule has 7 heteroatoms. The number of hydrogen-bond acceptors (Lipinski definition) is 3. The molecule has 166 valence electrons. The number of benzene rings is 3. The standard InChI is InChI=1S/C25H25ClN2O3S/c1-17-10-11-18(2)24(12-17)32(30,31)28-16-21-8-4-3-7-20(21)14-23(28)25(29)27-15-19-6-5-9-22(26)13-19/h3-13,23H,14-16H2,1-2H3,(H,27,29)/t23-/m1/s1. The van der Waals surface area contributed by atoms with Crippen molar-refractivity contribution in [3.8, 4) is 0 Å². The highest BCUT2D eigenvalue weighted by atomic mass is 35.5. The summed E-state index contributed by atoms with van der Waals surface area (Å²) in [6.07, 6.45) is 0.321. The summed E-state index contributed by atoms with van der Waals surface area (Å²) in [4.78, 5) is 13.5. The highest BCUT2D eigenvalue weighted by Gasteiger charge is 2.40. The van der Waals surface area contributed by atoms with Crippen molar-refractivity contribution in [2.24, 2.45) is 0 Å². The predicted molar refractivity (Wildman–Crippen MR) is 126 cm³/mol. The number of hydrogen-bond donors (Lipinski definition) is 1. The van der Waals surface area contributed by atoms with E-state index in [1.807, 2.05) is 49.4 Å². The number of amides is 1. The van der Waals surface area contributed by atoms with Crippen LogP contribution in [0, 0.1) is 13.8 Å². The number of fused-ring (bicyclic) bond motifs is 1. The summed E-state index contributed by atoms with van der Waals surface area (Å²) in [6.45, 7) is 4.06. The monoisotopic (exact) mass is 468 g/mol. The fraction of sp³-hybridized carbons (Fsp3) is 0.240. The third-order valence-electron chi connectivity index (χ3n) is 5.79. The second kappa shape index (κ2) is 9.06. The Bertz CT molecular complexity index is 1270. The molecule has 0 radical (unpaired) electrons. The topological polar surface area (TPSA) is 66.5 Å². The van der Waals surface area contributed by atoms with Gasteiger partial charge in [0.2, 0.25) is 15.9 Å². The van der Waals surface area contributed by atoms with E-state index in [1.54, 1.807) is 31.2 Å². The molecule has 1 aliphatic rings. The number of nitrogens with one attached hydrogen (secondary N) is 1. The van der Waals surface area contributed by atoms with Crippen LogP contribution >= 0.6 is 11.6 Å². The van der Waals surface area contributed by atoms with Crippen molar-refractivity contribution in [2.75, 3.05) is 0 Å². The molecule has 1 N–H and O–H groups in total. The summed E-state index contributed by atoms with van der Waals surface area (Å²) in [5.74, 6) is -0.326. The first kappa shape index (κ1) is 22.5. The number of halogens is 1. The molecule has 0 aliphatic carbocycles. The summed E-state index contributed by atoms with van der Waals surface area (Å²) in [6, 6.07) is 19.4. The fourth-order valence-electron chi connectivity index (χ4n) is 4.04. The van der Waals surface area contributed by atoms with Gasteiger partial charge in [-0.25, -0.2) is 8.42 Å². The molecular weight excluding hydrogens is 444 g/mol. The molecule has 4 rings (SSSR count). The molecule has 0 spiro atoms. The minimum Gasteiger partial charge on any atom is -0.351 e. The molecule has 5 nitrogen and oxygen atoms in total. The summed E-state index contributed by atoms with van der Waals surface area (Å²) in [7, 11) is -3.89. The van der Waals surface area contributed by atoms with Crippen molar-refractivity contribution in [2.45, 2.75) is 44.3 Å². The van der Waals surface area contributed by atoms with Crippen LogP contribution in [0.25, 0.3) is 0 Å². The maximum absolute atomic E-state index is 13.7. The number of sulfonamides is 1. The first-order chi connectivity index (χ1) is 15.3. The molecule has 1 aliphatic heterocycles. The van der Waals surface area contributed by atoms with Crippen LogP contribution < -0.4 is 5.32 Å². The number of nitrogens with zero attached hydrogens (tertiary/aromatic N) is 1. The normalized spacial score (nSPS) is 16.4. The molecule has 0 saturated heterocycles. The van der Waals surface area contributed by atoms with Gasteiger partial charge in [-0.05, 0) is 66.3 Å². The Morgan fingerprint density at radius 3 is 2.53 bits per heavy atom. The molecule has 0 aromatic heterocycles. The van der Waals surface area contributed by atoms with Crippen LogP contribution in [-0.4, -0.2) is 24.7 Å². The van der Waals surface area contributed by atoms with Gasteiger partial charge in [0, 0.05) is 18.1 Å². The quantitative estimate of drug-likeness (QED) is 0.604. The zero-order valence-corrected chi connectivity index (χ0v) is 19.6. The van der Waals surface area contributed by atoms with E-state index in [2.05, 4.69) is 5.32 Å². The first-order valence-corrected chi connectivity index (χ1v) is 12.3. The lowest BCUT2D eigenvalue weighted by Gasteiger charge is -2.35. The molecule has 0 bridgehead atoms. The highest BCUT2D eigenvalue weighted by Crippen LogP contribution is 2.31. The van der Waals surface area contributed by atoms with E-state index in [-0.39, 0.29) is 23.9 Å². The minimum absolute atomic E-state index is 0.154. The lowest BCUT2D eigenvalue weighted by Crippen LogP contribution is -2.52. The van der Waals surface area contributed by atoms with Gasteiger partial charge >= 0.3 is 0 Å². The van der Waals surface area contributed by atoms with Gasteiger partial charge < -0.3 is 5.32 Å². The fourth-order valence-corrected chi connectivity index (χ4v) is 6.13. The van der Waals surface area contributed by atoms with Gasteiger partial charge in [0.25, 0.3) is 0 Å². The molecule has 3 aromatic carbocycles. The van der Waals surface area contributed by atoms with E-state index in [1.165, 1.54) is 4.31 Å². The summed E-state index contributed by atoms with van der Waals surface area (Å²) in [5, 5.41) is 3.49. The van der Waals surface area contributed by atoms with Gasteiger partial charge in [-0.1, -0.05) is 60.1 Å². The Labute approximate surface area is 194 Å². The number of rotatable bonds is 5. The van der Waals surface area contributed by atoms with Crippen LogP contribution in [0.15, 0.2) is 71.6 Å². The molecule has 0 saturated carbocycles. The average Bonchev–Trinajstić information content (AvgIpc) is 2.78. The van der Waals surface area contributed by atoms with Crippen molar-refractivity contribution < 1.29 is 13.2 Å². The molecule has 0 fully saturated rings. The van der Waals surface area contributed by atoms with E-state index < -0.39 is 16.1 Å². The number of carbonyl (C=O) groups is 1. The van der Waals surface area contributed by atoms with E-state index in [9.17, 15) is 13.2 Å². The van der Waals surface area contributed by atoms with Gasteiger partial charge in [0.1, 0.15) is 6.04 Å². The number of aryl methyl sites for hydroxylation is 2. The van der Waals surface area contributed by atoms with Crippen LogP contribution in [0.1, 0.15) is 27.8 Å². The van der Waals surface area contributed by atoms with E-state index in [4.69, 9.17) is 11.6 Å². The van der Waals surface area contributed by atoms with Crippen molar-refractivity contribution >= 4 is 27.5 Å². The Morgan fingerprint density at radius 2 is 1.78 bits per heavy atom. The van der Waals surface area contributed by atoms with Crippen LogP contribution in [0.2, 0.25) is 5.02 Å². The highest BCUT2D eigenvalue weighted by molar-refractivity contribution is 7.89. The van der Waals surface area contributed by atoms with E-state index >= 15 is 0 Å². The zero-order chi connectivity index (χ0) is 22.9. The van der Waals surface area contributed by atoms with Gasteiger partial charge in [-0.3, -0.25) is 4.79 Å². The molecule has 3 aromatic rings. The first-order valence-electron chi connectivity index (χ1n) is 10.4. The maximum atomic E-state index is 13.7. The SMILES string of the molecule is Cc1ccc(C)c(S(=O)(=O)N2Cc3ccccc3C[C@@H]2C(=O)NCc2cccc(Cl)c2)c1. The second-order valence-electron chi connectivity index (χ2n) is 8.16. The van der Waals surface area contributed by atoms with E-state index in [0.29, 0.717) is 17.0 Å². The Hall–Kier alpha value is -2.67. The predicted octanol–water partition coefficient (Wildman–Crippen LogP) is 4.39. The Kier molecular flexibility index (Phi) is 6.38. The minimum atomic E-state index is -3.89. The van der Waals surface area contributed by atoms with Crippen molar-refractivity contribution in [1.29, 1.82) is 0 Å². The lowest BCUT2D eigenvalue weighted by molar-refractivity contribution is -0.125. The van der Waals surface area contributed by atoms with Gasteiger partial charge in [0.15, 0.2) is 0 Å². The molecule has 1 heterocycles. The third-order valence-corrected chi connectivity index (χ3v) is 8.03. The third kappa shape index (κ3) is 4.58.